The van der Waals surface area contributed by atoms with Crippen molar-refractivity contribution >= 4 is 5.97 Å². The van der Waals surface area contributed by atoms with Gasteiger partial charge >= 0.3 is 11.9 Å². The Morgan fingerprint density at radius 1 is 1.35 bits per heavy atom. The second kappa shape index (κ2) is 4.66. The molecule has 2 aromatic rings. The molecule has 1 heterocycles. The molecule has 4 nitrogen and oxygen atoms in total. The van der Waals surface area contributed by atoms with Crippen LogP contribution in [0.5, 0.6) is 0 Å². The Kier molecular flexibility index (Phi) is 2.82. The Balaban J connectivity index is 1.63. The van der Waals surface area contributed by atoms with Gasteiger partial charge in [-0.3, -0.25) is 4.68 Å². The molecule has 0 saturated carbocycles. The Morgan fingerprint density at radius 3 is 2.74 bits per heavy atom. The van der Waals surface area contributed by atoms with Gasteiger partial charge in [-0.2, -0.15) is 13.9 Å². The molecule has 0 bridgehead atoms. The number of hydrogen-bond acceptors (Lipinski definition) is 3. The number of hydrogen-bond donors (Lipinski definition) is 0. The molecule has 0 spiro atoms. The number of alkyl halides is 2. The number of halogens is 2. The Hall–Kier alpha value is -2.68. The molecule has 0 unspecified atom stereocenters. The minimum atomic E-state index is -3.08. The summed E-state index contributed by atoms with van der Waals surface area (Å²) in [5, 5.41) is 3.95. The van der Waals surface area contributed by atoms with Gasteiger partial charge in [-0.1, -0.05) is 42.2 Å². The van der Waals surface area contributed by atoms with Gasteiger partial charge in [-0.25, -0.2) is 4.79 Å². The molecule has 2 aliphatic rings. The molecule has 4 rings (SSSR count). The first-order chi connectivity index (χ1) is 11.0. The second-order valence-electron chi connectivity index (χ2n) is 5.66. The lowest BCUT2D eigenvalue weighted by Crippen LogP contribution is -2.28. The second-order valence-corrected chi connectivity index (χ2v) is 5.66. The molecule has 0 saturated heterocycles. The fourth-order valence-corrected chi connectivity index (χ4v) is 3.11. The van der Waals surface area contributed by atoms with E-state index >= 15 is 0 Å². The van der Waals surface area contributed by atoms with Crippen LogP contribution in [0.1, 0.15) is 33.2 Å². The number of nitrogens with zero attached hydrogens (tertiary/aromatic N) is 2. The summed E-state index contributed by atoms with van der Waals surface area (Å²) in [6.07, 6.45) is 0. The molecule has 6 heteroatoms. The summed E-state index contributed by atoms with van der Waals surface area (Å²) in [6.45, 7) is 0.0706. The van der Waals surface area contributed by atoms with E-state index in [-0.39, 0.29) is 23.6 Å². The molecule has 2 aliphatic carbocycles. The standard InChI is InChI=1S/C17H12F2N2O2/c1-21-15-13(11-7-8-12(11)17(15,18)19)14(20-21)16(22)23-9-10-5-3-2-4-6-10/h2-6,11-12H,9H2,1H3/t11-,12+/m0/s1. The van der Waals surface area contributed by atoms with Gasteiger partial charge in [0.15, 0.2) is 5.69 Å². The maximum absolute atomic E-state index is 14.3. The van der Waals surface area contributed by atoms with E-state index in [9.17, 15) is 13.6 Å². The number of aryl methyl sites for hydroxylation is 1. The van der Waals surface area contributed by atoms with Crippen molar-refractivity contribution in [3.8, 4) is 11.8 Å². The summed E-state index contributed by atoms with van der Waals surface area (Å²) in [6, 6.07) is 9.15. The van der Waals surface area contributed by atoms with E-state index in [0.29, 0.717) is 0 Å². The van der Waals surface area contributed by atoms with Crippen LogP contribution in [0.2, 0.25) is 0 Å². The third-order valence-electron chi connectivity index (χ3n) is 4.23. The summed E-state index contributed by atoms with van der Waals surface area (Å²) >= 11 is 0. The fraction of sp³-hybridized carbons (Fsp3) is 0.294. The zero-order chi connectivity index (χ0) is 16.2. The summed E-state index contributed by atoms with van der Waals surface area (Å²) in [7, 11) is 1.41. The van der Waals surface area contributed by atoms with Gasteiger partial charge in [0.25, 0.3) is 0 Å². The van der Waals surface area contributed by atoms with Crippen molar-refractivity contribution in [1.82, 2.24) is 9.78 Å². The number of rotatable bonds is 3. The molecule has 116 valence electrons. The predicted octanol–water partition coefficient (Wildman–Crippen LogP) is 2.60. The quantitative estimate of drug-likeness (QED) is 0.646. The van der Waals surface area contributed by atoms with Crippen molar-refractivity contribution < 1.29 is 18.3 Å². The maximum atomic E-state index is 14.3. The van der Waals surface area contributed by atoms with Crippen molar-refractivity contribution in [2.24, 2.45) is 13.0 Å². The van der Waals surface area contributed by atoms with E-state index in [0.717, 1.165) is 10.2 Å². The van der Waals surface area contributed by atoms with Crippen LogP contribution in [0.25, 0.3) is 0 Å². The smallest absolute Gasteiger partial charge is 0.359 e. The average Bonchev–Trinajstić information content (AvgIpc) is 2.89. The number of aromatic nitrogens is 2. The van der Waals surface area contributed by atoms with Gasteiger partial charge < -0.3 is 4.74 Å². The highest BCUT2D eigenvalue weighted by molar-refractivity contribution is 5.90. The Bertz CT molecular complexity index is 862. The topological polar surface area (TPSA) is 44.1 Å². The van der Waals surface area contributed by atoms with E-state index in [1.807, 2.05) is 30.3 Å². The molecule has 0 aliphatic heterocycles. The minimum absolute atomic E-state index is 0.0559. The molecular formula is C17H12F2N2O2. The molecule has 1 aromatic heterocycles. The van der Waals surface area contributed by atoms with Crippen molar-refractivity contribution in [2.45, 2.75) is 18.4 Å². The third-order valence-corrected chi connectivity index (χ3v) is 4.23. The van der Waals surface area contributed by atoms with Crippen LogP contribution in [0.4, 0.5) is 8.78 Å². The monoisotopic (exact) mass is 314 g/mol. The molecule has 0 fully saturated rings. The van der Waals surface area contributed by atoms with Crippen molar-refractivity contribution in [3.63, 3.8) is 0 Å². The molecule has 23 heavy (non-hydrogen) atoms. The number of carbonyl (C=O) groups excluding carboxylic acids is 1. The lowest BCUT2D eigenvalue weighted by Gasteiger charge is -2.22. The first kappa shape index (κ1) is 13.9. The highest BCUT2D eigenvalue weighted by atomic mass is 19.3. The van der Waals surface area contributed by atoms with Gasteiger partial charge in [0.2, 0.25) is 0 Å². The van der Waals surface area contributed by atoms with Crippen LogP contribution in [0.15, 0.2) is 30.3 Å². The number of ether oxygens (including phenoxy) is 1. The van der Waals surface area contributed by atoms with Crippen LogP contribution in [0.3, 0.4) is 0 Å². The van der Waals surface area contributed by atoms with E-state index in [1.54, 1.807) is 0 Å². The van der Waals surface area contributed by atoms with Crippen molar-refractivity contribution in [1.29, 1.82) is 0 Å². The molecule has 1 aromatic carbocycles. The molecule has 0 radical (unpaired) electrons. The van der Waals surface area contributed by atoms with Crippen molar-refractivity contribution in [3.05, 3.63) is 52.8 Å². The SMILES string of the molecule is Cn1nc(C(=O)OCc2ccccc2)c2c1C(F)(F)[C@@H]1C#C[C@H]21. The zero-order valence-electron chi connectivity index (χ0n) is 12.2. The van der Waals surface area contributed by atoms with Crippen LogP contribution < -0.4 is 0 Å². The van der Waals surface area contributed by atoms with E-state index < -0.39 is 23.7 Å². The maximum Gasteiger partial charge on any atom is 0.359 e. The molecule has 0 N–H and O–H groups in total. The summed E-state index contributed by atoms with van der Waals surface area (Å²) < 4.78 is 34.9. The van der Waals surface area contributed by atoms with Crippen molar-refractivity contribution in [2.75, 3.05) is 0 Å². The lowest BCUT2D eigenvalue weighted by molar-refractivity contribution is -0.0443. The number of fused-ring (bicyclic) bond motifs is 3. The normalized spacial score (nSPS) is 22.4. The molecule has 2 atom stereocenters. The molecular weight excluding hydrogens is 302 g/mol. The predicted molar refractivity (Wildman–Crippen MR) is 76.7 cm³/mol. The minimum Gasteiger partial charge on any atom is -0.456 e. The van der Waals surface area contributed by atoms with Crippen LogP contribution in [0, 0.1) is 17.8 Å². The summed E-state index contributed by atoms with van der Waals surface area (Å²) in [4.78, 5) is 12.3. The summed E-state index contributed by atoms with van der Waals surface area (Å²) in [5.74, 6) is -0.262. The van der Waals surface area contributed by atoms with Gasteiger partial charge in [-0.15, -0.1) is 0 Å². The third kappa shape index (κ3) is 1.89. The fourth-order valence-electron chi connectivity index (χ4n) is 3.11. The van der Waals surface area contributed by atoms with Gasteiger partial charge in [0.05, 0.1) is 5.92 Å². The van der Waals surface area contributed by atoms with E-state index in [1.165, 1.54) is 7.05 Å². The highest BCUT2D eigenvalue weighted by Crippen LogP contribution is 2.56. The van der Waals surface area contributed by atoms with E-state index in [4.69, 9.17) is 4.74 Å². The summed E-state index contributed by atoms with van der Waals surface area (Å²) in [5.41, 5.74) is 0.746. The Morgan fingerprint density at radius 2 is 2.09 bits per heavy atom. The largest absolute Gasteiger partial charge is 0.456 e. The van der Waals surface area contributed by atoms with Crippen LogP contribution in [-0.2, 0) is 24.3 Å². The lowest BCUT2D eigenvalue weighted by atomic mass is 9.84. The highest BCUT2D eigenvalue weighted by Gasteiger charge is 2.60. The first-order valence-electron chi connectivity index (χ1n) is 7.17. The number of benzene rings is 1. The zero-order valence-corrected chi connectivity index (χ0v) is 12.2. The van der Waals surface area contributed by atoms with Gasteiger partial charge in [0, 0.05) is 12.6 Å². The van der Waals surface area contributed by atoms with Crippen LogP contribution >= 0.6 is 0 Å². The van der Waals surface area contributed by atoms with Gasteiger partial charge in [0.1, 0.15) is 18.2 Å². The van der Waals surface area contributed by atoms with Crippen LogP contribution in [-0.4, -0.2) is 15.7 Å². The molecule has 0 amide bonds. The Labute approximate surface area is 131 Å². The number of esters is 1. The first-order valence-corrected chi connectivity index (χ1v) is 7.17. The van der Waals surface area contributed by atoms with Gasteiger partial charge in [-0.05, 0) is 5.56 Å². The number of carbonyl (C=O) groups is 1. The average molecular weight is 314 g/mol. The van der Waals surface area contributed by atoms with E-state index in [2.05, 4.69) is 16.9 Å².